The summed E-state index contributed by atoms with van der Waals surface area (Å²) in [5, 5.41) is 11.2. The molecular formula is C17H20N2O3. The van der Waals surface area contributed by atoms with Crippen LogP contribution in [0.1, 0.15) is 25.8 Å². The SMILES string of the molecule is CC[C@@H](C)Oc1ccccc1/C=C/C(=O)[C@H](C#N)C(=O)NC. The lowest BCUT2D eigenvalue weighted by Crippen LogP contribution is -2.31. The van der Waals surface area contributed by atoms with E-state index in [2.05, 4.69) is 5.32 Å². The van der Waals surface area contributed by atoms with E-state index < -0.39 is 17.6 Å². The molecule has 0 spiro atoms. The second-order valence-corrected chi connectivity index (χ2v) is 4.79. The average molecular weight is 300 g/mol. The number of ether oxygens (including phenoxy) is 1. The molecule has 0 saturated carbocycles. The normalized spacial score (nSPS) is 13.2. The van der Waals surface area contributed by atoms with Crippen LogP contribution < -0.4 is 10.1 Å². The van der Waals surface area contributed by atoms with Crippen molar-refractivity contribution in [1.82, 2.24) is 5.32 Å². The Kier molecular flexibility index (Phi) is 6.84. The van der Waals surface area contributed by atoms with Gasteiger partial charge in [0.2, 0.25) is 5.91 Å². The van der Waals surface area contributed by atoms with Crippen molar-refractivity contribution in [1.29, 1.82) is 5.26 Å². The van der Waals surface area contributed by atoms with Gasteiger partial charge in [-0.2, -0.15) is 5.26 Å². The average Bonchev–Trinajstić information content (AvgIpc) is 2.54. The molecule has 0 heterocycles. The van der Waals surface area contributed by atoms with Crippen molar-refractivity contribution in [2.75, 3.05) is 7.05 Å². The number of carbonyl (C=O) groups excluding carboxylic acids is 2. The lowest BCUT2D eigenvalue weighted by atomic mass is 10.0. The van der Waals surface area contributed by atoms with Crippen LogP contribution in [-0.4, -0.2) is 24.8 Å². The van der Waals surface area contributed by atoms with E-state index in [4.69, 9.17) is 10.00 Å². The molecule has 0 aliphatic carbocycles. The van der Waals surface area contributed by atoms with Crippen LogP contribution in [0.5, 0.6) is 5.75 Å². The summed E-state index contributed by atoms with van der Waals surface area (Å²) in [5.74, 6) is -1.83. The quantitative estimate of drug-likeness (QED) is 0.619. The minimum Gasteiger partial charge on any atom is -0.490 e. The van der Waals surface area contributed by atoms with Crippen LogP contribution in [0.25, 0.3) is 6.08 Å². The summed E-state index contributed by atoms with van der Waals surface area (Å²) in [4.78, 5) is 23.4. The molecule has 0 saturated heterocycles. The largest absolute Gasteiger partial charge is 0.490 e. The second-order valence-electron chi connectivity index (χ2n) is 4.79. The maximum absolute atomic E-state index is 11.9. The monoisotopic (exact) mass is 300 g/mol. The van der Waals surface area contributed by atoms with Gasteiger partial charge in [0, 0.05) is 12.6 Å². The Labute approximate surface area is 130 Å². The third kappa shape index (κ3) is 4.74. The lowest BCUT2D eigenvalue weighted by Gasteiger charge is -2.14. The Morgan fingerprint density at radius 1 is 1.41 bits per heavy atom. The molecule has 0 unspecified atom stereocenters. The van der Waals surface area contributed by atoms with Crippen LogP contribution in [0, 0.1) is 17.2 Å². The molecule has 0 fully saturated rings. The number of allylic oxidation sites excluding steroid dienone is 1. The Morgan fingerprint density at radius 3 is 2.68 bits per heavy atom. The van der Waals surface area contributed by atoms with E-state index in [1.54, 1.807) is 12.1 Å². The second kappa shape index (κ2) is 8.63. The first-order valence-corrected chi connectivity index (χ1v) is 7.12. The zero-order valence-corrected chi connectivity index (χ0v) is 13.0. The van der Waals surface area contributed by atoms with E-state index in [1.165, 1.54) is 13.1 Å². The van der Waals surface area contributed by atoms with Crippen molar-refractivity contribution in [3.8, 4) is 11.8 Å². The number of nitriles is 1. The molecule has 2 atom stereocenters. The molecule has 5 nitrogen and oxygen atoms in total. The van der Waals surface area contributed by atoms with E-state index in [0.29, 0.717) is 5.75 Å². The summed E-state index contributed by atoms with van der Waals surface area (Å²) in [5.41, 5.74) is 0.727. The fraction of sp³-hybridized carbons (Fsp3) is 0.353. The molecule has 0 aliphatic heterocycles. The van der Waals surface area contributed by atoms with Crippen LogP contribution in [-0.2, 0) is 9.59 Å². The summed E-state index contributed by atoms with van der Waals surface area (Å²) < 4.78 is 5.78. The van der Waals surface area contributed by atoms with Gasteiger partial charge in [-0.15, -0.1) is 0 Å². The van der Waals surface area contributed by atoms with Gasteiger partial charge in [-0.3, -0.25) is 9.59 Å². The standard InChI is InChI=1S/C17H20N2O3/c1-4-12(2)22-16-8-6-5-7-13(16)9-10-15(20)14(11-18)17(21)19-3/h5-10,12,14H,4H2,1-3H3,(H,19,21)/b10-9+/t12-,14+/m1/s1. The van der Waals surface area contributed by atoms with Gasteiger partial charge in [0.25, 0.3) is 0 Å². The first-order valence-electron chi connectivity index (χ1n) is 7.12. The number of nitrogens with zero attached hydrogens (tertiary/aromatic N) is 1. The Hall–Kier alpha value is -2.61. The molecule has 1 N–H and O–H groups in total. The van der Waals surface area contributed by atoms with Crippen molar-refractivity contribution in [3.63, 3.8) is 0 Å². The number of ketones is 1. The van der Waals surface area contributed by atoms with Crippen LogP contribution in [0.3, 0.4) is 0 Å². The number of carbonyl (C=O) groups is 2. The Bertz CT molecular complexity index is 602. The third-order valence-electron chi connectivity index (χ3n) is 3.17. The minimum absolute atomic E-state index is 0.0583. The smallest absolute Gasteiger partial charge is 0.245 e. The van der Waals surface area contributed by atoms with Gasteiger partial charge in [0.1, 0.15) is 5.75 Å². The summed E-state index contributed by atoms with van der Waals surface area (Å²) >= 11 is 0. The molecule has 116 valence electrons. The Balaban J connectivity index is 2.92. The highest BCUT2D eigenvalue weighted by Gasteiger charge is 2.23. The van der Waals surface area contributed by atoms with E-state index in [9.17, 15) is 9.59 Å². The van der Waals surface area contributed by atoms with Crippen molar-refractivity contribution in [3.05, 3.63) is 35.9 Å². The summed E-state index contributed by atoms with van der Waals surface area (Å²) in [7, 11) is 1.39. The minimum atomic E-state index is -1.33. The summed E-state index contributed by atoms with van der Waals surface area (Å²) in [6.45, 7) is 3.98. The predicted octanol–water partition coefficient (Wildman–Crippen LogP) is 2.33. The zero-order chi connectivity index (χ0) is 16.5. The van der Waals surface area contributed by atoms with E-state index >= 15 is 0 Å². The maximum atomic E-state index is 11.9. The van der Waals surface area contributed by atoms with E-state index in [-0.39, 0.29) is 6.10 Å². The highest BCUT2D eigenvalue weighted by molar-refractivity contribution is 6.10. The van der Waals surface area contributed by atoms with Crippen molar-refractivity contribution in [2.45, 2.75) is 26.4 Å². The topological polar surface area (TPSA) is 79.2 Å². The van der Waals surface area contributed by atoms with Crippen LogP contribution in [0.15, 0.2) is 30.3 Å². The number of hydrogen-bond acceptors (Lipinski definition) is 4. The predicted molar refractivity (Wildman–Crippen MR) is 84.0 cm³/mol. The van der Waals surface area contributed by atoms with Gasteiger partial charge in [-0.05, 0) is 31.6 Å². The van der Waals surface area contributed by atoms with Gasteiger partial charge in [0.05, 0.1) is 12.2 Å². The van der Waals surface area contributed by atoms with E-state index in [0.717, 1.165) is 12.0 Å². The lowest BCUT2D eigenvalue weighted by molar-refractivity contribution is -0.129. The molecule has 0 radical (unpaired) electrons. The summed E-state index contributed by atoms with van der Waals surface area (Å²) in [6, 6.07) is 9.00. The molecule has 0 aromatic heterocycles. The fourth-order valence-electron chi connectivity index (χ4n) is 1.69. The van der Waals surface area contributed by atoms with Gasteiger partial charge >= 0.3 is 0 Å². The number of rotatable bonds is 7. The van der Waals surface area contributed by atoms with Crippen LogP contribution >= 0.6 is 0 Å². The molecule has 1 aromatic rings. The number of amides is 1. The highest BCUT2D eigenvalue weighted by atomic mass is 16.5. The zero-order valence-electron chi connectivity index (χ0n) is 13.0. The number of hydrogen-bond donors (Lipinski definition) is 1. The van der Waals surface area contributed by atoms with Crippen molar-refractivity contribution >= 4 is 17.8 Å². The molecule has 1 amide bonds. The van der Waals surface area contributed by atoms with Gasteiger partial charge in [0.15, 0.2) is 11.7 Å². The molecule has 0 aliphatic rings. The van der Waals surface area contributed by atoms with E-state index in [1.807, 2.05) is 38.1 Å². The molecule has 0 bridgehead atoms. The first kappa shape index (κ1) is 17.4. The van der Waals surface area contributed by atoms with Crippen molar-refractivity contribution in [2.24, 2.45) is 5.92 Å². The van der Waals surface area contributed by atoms with Crippen molar-refractivity contribution < 1.29 is 14.3 Å². The number of nitrogens with one attached hydrogen (secondary N) is 1. The molecule has 5 heteroatoms. The fourth-order valence-corrected chi connectivity index (χ4v) is 1.69. The summed E-state index contributed by atoms with van der Waals surface area (Å²) in [6.07, 6.45) is 3.72. The maximum Gasteiger partial charge on any atom is 0.245 e. The van der Waals surface area contributed by atoms with Crippen LogP contribution in [0.2, 0.25) is 0 Å². The van der Waals surface area contributed by atoms with Gasteiger partial charge in [-0.1, -0.05) is 25.1 Å². The molecule has 1 aromatic carbocycles. The van der Waals surface area contributed by atoms with Crippen LogP contribution in [0.4, 0.5) is 0 Å². The highest BCUT2D eigenvalue weighted by Crippen LogP contribution is 2.21. The van der Waals surface area contributed by atoms with Gasteiger partial charge in [-0.25, -0.2) is 0 Å². The van der Waals surface area contributed by atoms with Gasteiger partial charge < -0.3 is 10.1 Å². The number of para-hydroxylation sites is 1. The molecule has 1 rings (SSSR count). The number of benzene rings is 1. The first-order chi connectivity index (χ1) is 10.5. The Morgan fingerprint density at radius 2 is 2.09 bits per heavy atom. The molecule has 22 heavy (non-hydrogen) atoms. The molecular weight excluding hydrogens is 280 g/mol. The third-order valence-corrected chi connectivity index (χ3v) is 3.17.